The molecule has 13 heavy (non-hydrogen) atoms. The first-order chi connectivity index (χ1) is 6.40. The van der Waals surface area contributed by atoms with Crippen LogP contribution < -0.4 is 5.32 Å². The minimum Gasteiger partial charge on any atom is -0.370 e. The molecule has 0 atom stereocenters. The Labute approximate surface area is 76.4 Å². The highest BCUT2D eigenvalue weighted by Crippen LogP contribution is 2.19. The normalized spacial score (nSPS) is 11.9. The second-order valence-corrected chi connectivity index (χ2v) is 2.77. The molecule has 0 saturated carbocycles. The molecule has 1 aromatic heterocycles. The van der Waals surface area contributed by atoms with E-state index in [0.717, 1.165) is 24.3 Å². The Balaban J connectivity index is 2.37. The molecule has 2 rings (SSSR count). The molecule has 3 nitrogen and oxygen atoms in total. The third-order valence-corrected chi connectivity index (χ3v) is 1.92. The van der Waals surface area contributed by atoms with Crippen LogP contribution in [-0.2, 0) is 6.42 Å². The lowest BCUT2D eigenvalue weighted by Crippen LogP contribution is -1.92. The molecule has 2 heterocycles. The van der Waals surface area contributed by atoms with Crippen LogP contribution in [0.5, 0.6) is 0 Å². The first-order valence-corrected chi connectivity index (χ1v) is 4.03. The predicted octanol–water partition coefficient (Wildman–Crippen LogP) is 0.925. The number of aromatic nitrogens is 1. The van der Waals surface area contributed by atoms with Crippen LogP contribution in [0.15, 0.2) is 12.3 Å². The molecular formula is C10H7N3. The molecule has 0 saturated heterocycles. The van der Waals surface area contributed by atoms with Crippen molar-refractivity contribution in [3.63, 3.8) is 0 Å². The van der Waals surface area contributed by atoms with E-state index in [4.69, 9.17) is 5.26 Å². The number of pyridine rings is 1. The zero-order valence-electron chi connectivity index (χ0n) is 6.96. The van der Waals surface area contributed by atoms with Gasteiger partial charge in [0, 0.05) is 24.2 Å². The fourth-order valence-corrected chi connectivity index (χ4v) is 1.34. The molecular weight excluding hydrogens is 162 g/mol. The molecule has 1 aromatic rings. The van der Waals surface area contributed by atoms with Crippen molar-refractivity contribution >= 4 is 5.82 Å². The third-order valence-electron chi connectivity index (χ3n) is 1.92. The summed E-state index contributed by atoms with van der Waals surface area (Å²) >= 11 is 0. The van der Waals surface area contributed by atoms with Crippen LogP contribution in [0, 0.1) is 23.2 Å². The van der Waals surface area contributed by atoms with E-state index in [2.05, 4.69) is 22.1 Å². The first-order valence-electron chi connectivity index (χ1n) is 4.03. The topological polar surface area (TPSA) is 48.7 Å². The van der Waals surface area contributed by atoms with Crippen molar-refractivity contribution in [3.05, 3.63) is 23.4 Å². The summed E-state index contributed by atoms with van der Waals surface area (Å²) in [7, 11) is 0. The molecule has 62 valence electrons. The molecule has 0 radical (unpaired) electrons. The number of nitrogens with zero attached hydrogens (tertiary/aromatic N) is 2. The maximum absolute atomic E-state index is 8.26. The van der Waals surface area contributed by atoms with Crippen LogP contribution in [-0.4, -0.2) is 11.5 Å². The minimum absolute atomic E-state index is 0.809. The molecule has 3 heteroatoms. The van der Waals surface area contributed by atoms with Gasteiger partial charge in [-0.15, -0.1) is 0 Å². The van der Waals surface area contributed by atoms with Crippen LogP contribution in [0.1, 0.15) is 11.1 Å². The molecule has 0 aromatic carbocycles. The average Bonchev–Trinajstić information content (AvgIpc) is 2.61. The number of nitrogens with one attached hydrogen (secondary N) is 1. The Kier molecular flexibility index (Phi) is 1.86. The molecule has 0 fully saturated rings. The van der Waals surface area contributed by atoms with E-state index in [9.17, 15) is 0 Å². The highest BCUT2D eigenvalue weighted by molar-refractivity contribution is 5.52. The summed E-state index contributed by atoms with van der Waals surface area (Å²) in [6.07, 6.45) is 2.67. The van der Waals surface area contributed by atoms with Gasteiger partial charge in [0.15, 0.2) is 6.07 Å². The molecule has 0 aliphatic carbocycles. The van der Waals surface area contributed by atoms with Gasteiger partial charge in [-0.25, -0.2) is 4.98 Å². The predicted molar refractivity (Wildman–Crippen MR) is 48.9 cm³/mol. The third kappa shape index (κ3) is 1.45. The highest BCUT2D eigenvalue weighted by Gasteiger charge is 2.10. The van der Waals surface area contributed by atoms with Gasteiger partial charge in [-0.3, -0.25) is 0 Å². The zero-order valence-corrected chi connectivity index (χ0v) is 6.96. The second kappa shape index (κ2) is 3.16. The number of fused-ring (bicyclic) bond motifs is 1. The van der Waals surface area contributed by atoms with Crippen LogP contribution in [0.4, 0.5) is 5.82 Å². The summed E-state index contributed by atoms with van der Waals surface area (Å²) in [5, 5.41) is 11.4. The SMILES string of the molecule is N#CC#Cc1cnc2c(c1)CCN2. The van der Waals surface area contributed by atoms with E-state index in [1.165, 1.54) is 5.56 Å². The first kappa shape index (κ1) is 7.64. The lowest BCUT2D eigenvalue weighted by atomic mass is 10.2. The highest BCUT2D eigenvalue weighted by atomic mass is 15.0. The molecule has 1 aliphatic rings. The maximum atomic E-state index is 8.26. The summed E-state index contributed by atoms with van der Waals surface area (Å²) in [5.74, 6) is 6.02. The fraction of sp³-hybridized carbons (Fsp3) is 0.200. The lowest BCUT2D eigenvalue weighted by molar-refractivity contribution is 1.11. The van der Waals surface area contributed by atoms with Crippen molar-refractivity contribution in [1.82, 2.24) is 4.98 Å². The number of hydrogen-bond donors (Lipinski definition) is 1. The van der Waals surface area contributed by atoms with Gasteiger partial charge in [0.25, 0.3) is 0 Å². The monoisotopic (exact) mass is 169 g/mol. The Morgan fingerprint density at radius 3 is 3.31 bits per heavy atom. The van der Waals surface area contributed by atoms with Gasteiger partial charge in [0.1, 0.15) is 5.82 Å². The zero-order chi connectivity index (χ0) is 9.10. The second-order valence-electron chi connectivity index (χ2n) is 2.77. The minimum atomic E-state index is 0.809. The van der Waals surface area contributed by atoms with Crippen LogP contribution in [0.3, 0.4) is 0 Å². The van der Waals surface area contributed by atoms with Gasteiger partial charge in [-0.05, 0) is 24.0 Å². The maximum Gasteiger partial charge on any atom is 0.152 e. The van der Waals surface area contributed by atoms with Gasteiger partial charge in [-0.1, -0.05) is 0 Å². The van der Waals surface area contributed by atoms with E-state index in [1.54, 1.807) is 12.3 Å². The van der Waals surface area contributed by atoms with E-state index in [1.807, 2.05) is 6.07 Å². The smallest absolute Gasteiger partial charge is 0.152 e. The summed E-state index contributed by atoms with van der Waals surface area (Å²) < 4.78 is 0. The Morgan fingerprint density at radius 2 is 2.46 bits per heavy atom. The van der Waals surface area contributed by atoms with Gasteiger partial charge < -0.3 is 5.32 Å². The van der Waals surface area contributed by atoms with Gasteiger partial charge in [0.2, 0.25) is 0 Å². The van der Waals surface area contributed by atoms with Crippen LogP contribution in [0.25, 0.3) is 0 Å². The van der Waals surface area contributed by atoms with Crippen molar-refractivity contribution in [3.8, 4) is 17.9 Å². The summed E-state index contributed by atoms with van der Waals surface area (Å²) in [6.45, 7) is 0.942. The molecule has 0 bridgehead atoms. The number of anilines is 1. The van der Waals surface area contributed by atoms with Crippen molar-refractivity contribution in [1.29, 1.82) is 5.26 Å². The van der Waals surface area contributed by atoms with Crippen LogP contribution >= 0.6 is 0 Å². The number of rotatable bonds is 0. The van der Waals surface area contributed by atoms with Gasteiger partial charge in [-0.2, -0.15) is 5.26 Å². The van der Waals surface area contributed by atoms with E-state index >= 15 is 0 Å². The van der Waals surface area contributed by atoms with Crippen molar-refractivity contribution < 1.29 is 0 Å². The molecule has 1 aliphatic heterocycles. The van der Waals surface area contributed by atoms with E-state index < -0.39 is 0 Å². The van der Waals surface area contributed by atoms with E-state index in [-0.39, 0.29) is 0 Å². The van der Waals surface area contributed by atoms with Gasteiger partial charge >= 0.3 is 0 Å². The van der Waals surface area contributed by atoms with Crippen molar-refractivity contribution in [2.45, 2.75) is 6.42 Å². The number of hydrogen-bond acceptors (Lipinski definition) is 3. The molecule has 0 amide bonds. The Hall–Kier alpha value is -2.00. The van der Waals surface area contributed by atoms with Crippen molar-refractivity contribution in [2.24, 2.45) is 0 Å². The largest absolute Gasteiger partial charge is 0.370 e. The van der Waals surface area contributed by atoms with Crippen molar-refractivity contribution in [2.75, 3.05) is 11.9 Å². The lowest BCUT2D eigenvalue weighted by Gasteiger charge is -1.96. The Morgan fingerprint density at radius 1 is 1.54 bits per heavy atom. The summed E-state index contributed by atoms with van der Waals surface area (Å²) in [5.41, 5.74) is 1.99. The van der Waals surface area contributed by atoms with E-state index in [0.29, 0.717) is 0 Å². The fourth-order valence-electron chi connectivity index (χ4n) is 1.34. The molecule has 0 unspecified atom stereocenters. The standard InChI is InChI=1S/C10H7N3/c11-4-1-2-8-6-9-3-5-12-10(9)13-7-8/h6-7H,3,5H2,(H,12,13). The summed E-state index contributed by atoms with van der Waals surface area (Å²) in [6, 6.07) is 3.76. The number of nitriles is 1. The summed E-state index contributed by atoms with van der Waals surface area (Å²) in [4.78, 5) is 4.19. The van der Waals surface area contributed by atoms with Crippen LogP contribution in [0.2, 0.25) is 0 Å². The average molecular weight is 169 g/mol. The Bertz CT molecular complexity index is 432. The quantitative estimate of drug-likeness (QED) is 0.587. The molecule has 1 N–H and O–H groups in total. The van der Waals surface area contributed by atoms with Gasteiger partial charge in [0.05, 0.1) is 0 Å². The molecule has 0 spiro atoms.